The third-order valence-corrected chi connectivity index (χ3v) is 4.71. The van der Waals surface area contributed by atoms with Crippen molar-refractivity contribution in [2.45, 2.75) is 20.3 Å². The van der Waals surface area contributed by atoms with Crippen molar-refractivity contribution in [3.05, 3.63) is 59.8 Å². The number of nitrogens with zero attached hydrogens (tertiary/aromatic N) is 2. The van der Waals surface area contributed by atoms with E-state index in [1.165, 1.54) is 0 Å². The van der Waals surface area contributed by atoms with Crippen molar-refractivity contribution >= 4 is 16.9 Å². The second kappa shape index (κ2) is 10.00. The van der Waals surface area contributed by atoms with Crippen LogP contribution in [-0.4, -0.2) is 49.3 Å². The maximum Gasteiger partial charge on any atom is 0.338 e. The molecule has 0 unspecified atom stereocenters. The molecule has 0 saturated heterocycles. The predicted molar refractivity (Wildman–Crippen MR) is 120 cm³/mol. The first-order valence-electron chi connectivity index (χ1n) is 10.2. The molecule has 0 aliphatic heterocycles. The summed E-state index contributed by atoms with van der Waals surface area (Å²) in [6.45, 7) is 5.66. The maximum atomic E-state index is 11.9. The summed E-state index contributed by atoms with van der Waals surface area (Å²) in [5.74, 6) is 6.71. The van der Waals surface area contributed by atoms with Crippen LogP contribution in [0, 0.1) is 11.8 Å². The monoisotopic (exact) mass is 404 g/mol. The van der Waals surface area contributed by atoms with Crippen LogP contribution < -0.4 is 4.74 Å². The van der Waals surface area contributed by atoms with Crippen LogP contribution in [0.25, 0.3) is 16.6 Å². The van der Waals surface area contributed by atoms with Gasteiger partial charge < -0.3 is 18.9 Å². The van der Waals surface area contributed by atoms with Crippen molar-refractivity contribution in [3.63, 3.8) is 0 Å². The van der Waals surface area contributed by atoms with Crippen LogP contribution in [0.2, 0.25) is 0 Å². The molecule has 0 radical (unpaired) electrons. The first kappa shape index (κ1) is 21.5. The largest absolute Gasteiger partial charge is 0.494 e. The number of ether oxygens (including phenoxy) is 2. The van der Waals surface area contributed by atoms with Crippen LogP contribution >= 0.6 is 0 Å². The lowest BCUT2D eigenvalue weighted by Gasteiger charge is -2.11. The molecule has 5 heteroatoms. The van der Waals surface area contributed by atoms with Crippen LogP contribution in [0.3, 0.4) is 0 Å². The quantitative estimate of drug-likeness (QED) is 0.315. The average Bonchev–Trinajstić information content (AvgIpc) is 3.09. The number of esters is 1. The Bertz CT molecular complexity index is 1070. The van der Waals surface area contributed by atoms with E-state index in [1.807, 2.05) is 37.4 Å². The van der Waals surface area contributed by atoms with Gasteiger partial charge in [0, 0.05) is 23.8 Å². The van der Waals surface area contributed by atoms with E-state index < -0.39 is 0 Å². The average molecular weight is 405 g/mol. The van der Waals surface area contributed by atoms with Crippen LogP contribution in [0.5, 0.6) is 5.75 Å². The van der Waals surface area contributed by atoms with Crippen LogP contribution in [0.15, 0.2) is 48.7 Å². The second-order valence-corrected chi connectivity index (χ2v) is 7.24. The minimum atomic E-state index is -0.310. The molecule has 3 aromatic rings. The first-order valence-corrected chi connectivity index (χ1v) is 10.2. The lowest BCUT2D eigenvalue weighted by molar-refractivity contribution is 0.0526. The zero-order valence-corrected chi connectivity index (χ0v) is 18.1. The van der Waals surface area contributed by atoms with Gasteiger partial charge in [0.25, 0.3) is 0 Å². The second-order valence-electron chi connectivity index (χ2n) is 7.24. The number of benzene rings is 2. The Morgan fingerprint density at radius 1 is 1.13 bits per heavy atom. The molecule has 1 aromatic heterocycles. The predicted octanol–water partition coefficient (Wildman–Crippen LogP) is 4.51. The van der Waals surface area contributed by atoms with Crippen molar-refractivity contribution in [1.82, 2.24) is 9.47 Å². The molecule has 0 fully saturated rings. The van der Waals surface area contributed by atoms with Gasteiger partial charge in [-0.1, -0.05) is 5.92 Å². The van der Waals surface area contributed by atoms with E-state index in [2.05, 4.69) is 41.5 Å². The Balaban J connectivity index is 1.90. The lowest BCUT2D eigenvalue weighted by atomic mass is 10.1. The van der Waals surface area contributed by atoms with E-state index in [0.717, 1.165) is 40.9 Å². The lowest BCUT2D eigenvalue weighted by Crippen LogP contribution is -2.15. The molecule has 1 heterocycles. The van der Waals surface area contributed by atoms with Gasteiger partial charge in [-0.15, -0.1) is 5.92 Å². The molecule has 0 aliphatic carbocycles. The Morgan fingerprint density at radius 3 is 2.57 bits per heavy atom. The van der Waals surface area contributed by atoms with Gasteiger partial charge in [-0.3, -0.25) is 0 Å². The summed E-state index contributed by atoms with van der Waals surface area (Å²) in [7, 11) is 4.12. The van der Waals surface area contributed by atoms with Crippen LogP contribution in [0.4, 0.5) is 0 Å². The first-order chi connectivity index (χ1) is 14.5. The Morgan fingerprint density at radius 2 is 1.90 bits per heavy atom. The highest BCUT2D eigenvalue weighted by Gasteiger charge is 2.12. The van der Waals surface area contributed by atoms with Crippen molar-refractivity contribution in [3.8, 4) is 23.3 Å². The molecule has 156 valence electrons. The van der Waals surface area contributed by atoms with Gasteiger partial charge in [-0.05, 0) is 76.8 Å². The fraction of sp³-hybridized carbons (Fsp3) is 0.320. The van der Waals surface area contributed by atoms with E-state index in [4.69, 9.17) is 9.47 Å². The van der Waals surface area contributed by atoms with Crippen LogP contribution in [0.1, 0.15) is 36.2 Å². The number of fused-ring (bicyclic) bond motifs is 1. The number of aromatic nitrogens is 1. The van der Waals surface area contributed by atoms with Gasteiger partial charge in [-0.2, -0.15) is 0 Å². The zero-order valence-electron chi connectivity index (χ0n) is 18.1. The highest BCUT2D eigenvalue weighted by atomic mass is 16.5. The van der Waals surface area contributed by atoms with E-state index >= 15 is 0 Å². The van der Waals surface area contributed by atoms with Gasteiger partial charge in [-0.25, -0.2) is 4.79 Å². The molecule has 0 amide bonds. The molecule has 3 rings (SSSR count). The molecule has 0 N–H and O–H groups in total. The van der Waals surface area contributed by atoms with Gasteiger partial charge in [0.1, 0.15) is 5.75 Å². The molecule has 0 saturated carbocycles. The van der Waals surface area contributed by atoms with E-state index in [0.29, 0.717) is 18.8 Å². The van der Waals surface area contributed by atoms with E-state index in [1.54, 1.807) is 19.1 Å². The molecule has 0 bridgehead atoms. The highest BCUT2D eigenvalue weighted by Crippen LogP contribution is 2.28. The summed E-state index contributed by atoms with van der Waals surface area (Å²) in [5.41, 5.74) is 3.48. The summed E-state index contributed by atoms with van der Waals surface area (Å²) >= 11 is 0. The SMILES string of the molecule is CC#Cc1cn(-c2ccc(C(=O)OCC)cc2)c2ccc(OCCCN(C)C)cc12. The Kier molecular flexibility index (Phi) is 7.16. The van der Waals surface area contributed by atoms with Gasteiger partial charge >= 0.3 is 5.97 Å². The molecular formula is C25H28N2O3. The summed E-state index contributed by atoms with van der Waals surface area (Å²) < 4.78 is 13.1. The third-order valence-electron chi connectivity index (χ3n) is 4.71. The van der Waals surface area contributed by atoms with Crippen molar-refractivity contribution in [2.75, 3.05) is 33.9 Å². The minimum Gasteiger partial charge on any atom is -0.494 e. The van der Waals surface area contributed by atoms with Crippen molar-refractivity contribution in [1.29, 1.82) is 0 Å². The Labute approximate surface area is 178 Å². The number of hydrogen-bond acceptors (Lipinski definition) is 4. The van der Waals surface area contributed by atoms with Gasteiger partial charge in [0.15, 0.2) is 0 Å². The summed E-state index contributed by atoms with van der Waals surface area (Å²) in [4.78, 5) is 14.1. The summed E-state index contributed by atoms with van der Waals surface area (Å²) in [6, 6.07) is 13.5. The molecular weight excluding hydrogens is 376 g/mol. The number of carbonyl (C=O) groups is 1. The standard InChI is InChI=1S/C25H28N2O3/c1-5-8-20-18-27(21-11-9-19(10-12-21)25(28)29-6-2)24-14-13-22(17-23(20)24)30-16-7-15-26(3)4/h9-14,17-18H,6-7,15-16H2,1-4H3. The molecule has 0 aliphatic rings. The minimum absolute atomic E-state index is 0.310. The number of hydrogen-bond donors (Lipinski definition) is 0. The molecule has 5 nitrogen and oxygen atoms in total. The summed E-state index contributed by atoms with van der Waals surface area (Å²) in [5, 5.41) is 1.05. The third kappa shape index (κ3) is 5.03. The van der Waals surface area contributed by atoms with Gasteiger partial charge in [0.2, 0.25) is 0 Å². The van der Waals surface area contributed by atoms with Gasteiger partial charge in [0.05, 0.1) is 29.9 Å². The number of rotatable bonds is 8. The van der Waals surface area contributed by atoms with Crippen molar-refractivity contribution in [2.24, 2.45) is 0 Å². The van der Waals surface area contributed by atoms with E-state index in [-0.39, 0.29) is 5.97 Å². The summed E-state index contributed by atoms with van der Waals surface area (Å²) in [6.07, 6.45) is 3.00. The fourth-order valence-electron chi connectivity index (χ4n) is 3.29. The zero-order chi connectivity index (χ0) is 21.5. The highest BCUT2D eigenvalue weighted by molar-refractivity contribution is 5.91. The van der Waals surface area contributed by atoms with E-state index in [9.17, 15) is 4.79 Å². The molecule has 0 atom stereocenters. The smallest absolute Gasteiger partial charge is 0.338 e. The topological polar surface area (TPSA) is 43.7 Å². The number of carbonyl (C=O) groups excluding carboxylic acids is 1. The van der Waals surface area contributed by atoms with Crippen LogP contribution in [-0.2, 0) is 4.74 Å². The Hall–Kier alpha value is -3.23. The molecule has 30 heavy (non-hydrogen) atoms. The molecule has 0 spiro atoms. The molecule has 2 aromatic carbocycles. The maximum absolute atomic E-state index is 11.9. The fourth-order valence-corrected chi connectivity index (χ4v) is 3.29. The van der Waals surface area contributed by atoms with Crippen molar-refractivity contribution < 1.29 is 14.3 Å². The normalized spacial score (nSPS) is 10.7.